The van der Waals surface area contributed by atoms with E-state index in [0.717, 1.165) is 0 Å². The van der Waals surface area contributed by atoms with Gasteiger partial charge in [-0.05, 0) is 42.5 Å². The molecule has 0 aliphatic carbocycles. The van der Waals surface area contributed by atoms with Gasteiger partial charge < -0.3 is 23.7 Å². The fourth-order valence-corrected chi connectivity index (χ4v) is 1.96. The third-order valence-electron chi connectivity index (χ3n) is 3.22. The molecule has 0 spiro atoms. The summed E-state index contributed by atoms with van der Waals surface area (Å²) in [5.74, 6) is 0.481. The van der Waals surface area contributed by atoms with Crippen molar-refractivity contribution in [1.82, 2.24) is 0 Å². The van der Waals surface area contributed by atoms with E-state index in [1.807, 2.05) is 0 Å². The van der Waals surface area contributed by atoms with Crippen molar-refractivity contribution in [3.8, 4) is 23.0 Å². The van der Waals surface area contributed by atoms with Gasteiger partial charge in [-0.2, -0.15) is 0 Å². The second-order valence-corrected chi connectivity index (χ2v) is 4.80. The molecule has 2 rings (SSSR count). The fraction of sp³-hybridized carbons (Fsp3) is 0.222. The summed E-state index contributed by atoms with van der Waals surface area (Å²) in [6.07, 6.45) is 0. The highest BCUT2D eigenvalue weighted by molar-refractivity contribution is 5.90. The van der Waals surface area contributed by atoms with E-state index in [2.05, 4.69) is 4.74 Å². The second kappa shape index (κ2) is 8.58. The molecule has 0 saturated carbocycles. The number of benzene rings is 2. The maximum absolute atomic E-state index is 11.9. The third-order valence-corrected chi connectivity index (χ3v) is 3.22. The number of rotatable bonds is 7. The van der Waals surface area contributed by atoms with Crippen LogP contribution in [0.3, 0.4) is 0 Å². The third kappa shape index (κ3) is 4.87. The topological polar surface area (TPSA) is 80.3 Å². The largest absolute Gasteiger partial charge is 0.497 e. The minimum absolute atomic E-state index is 0.179. The maximum atomic E-state index is 11.9. The Bertz CT molecular complexity index is 738. The Morgan fingerprint density at radius 3 is 2.12 bits per heavy atom. The first kappa shape index (κ1) is 18.1. The van der Waals surface area contributed by atoms with Crippen LogP contribution in [0.4, 0.5) is 0 Å². The fourth-order valence-electron chi connectivity index (χ4n) is 1.96. The first-order valence-electron chi connectivity index (χ1n) is 7.31. The monoisotopic (exact) mass is 346 g/mol. The molecule has 0 saturated heterocycles. The van der Waals surface area contributed by atoms with Crippen molar-refractivity contribution in [2.45, 2.75) is 0 Å². The Labute approximate surface area is 145 Å². The number of carbonyl (C=O) groups is 2. The lowest BCUT2D eigenvalue weighted by Crippen LogP contribution is -2.18. The lowest BCUT2D eigenvalue weighted by Gasteiger charge is -2.11. The minimum Gasteiger partial charge on any atom is -0.497 e. The van der Waals surface area contributed by atoms with Gasteiger partial charge in [0.15, 0.2) is 18.1 Å². The first-order chi connectivity index (χ1) is 12.1. The Balaban J connectivity index is 1.98. The molecular weight excluding hydrogens is 328 g/mol. The van der Waals surface area contributed by atoms with Crippen molar-refractivity contribution >= 4 is 11.9 Å². The number of hydrogen-bond donors (Lipinski definition) is 0. The van der Waals surface area contributed by atoms with E-state index < -0.39 is 11.9 Å². The van der Waals surface area contributed by atoms with Gasteiger partial charge in [0.05, 0.1) is 26.9 Å². The smallest absolute Gasteiger partial charge is 0.349 e. The highest BCUT2D eigenvalue weighted by Crippen LogP contribution is 2.28. The molecule has 2 aromatic rings. The zero-order chi connectivity index (χ0) is 18.2. The lowest BCUT2D eigenvalue weighted by atomic mass is 10.2. The molecule has 0 bridgehead atoms. The first-order valence-corrected chi connectivity index (χ1v) is 7.31. The molecule has 0 aliphatic rings. The van der Waals surface area contributed by atoms with Gasteiger partial charge in [0.1, 0.15) is 11.5 Å². The molecule has 132 valence electrons. The van der Waals surface area contributed by atoms with E-state index in [4.69, 9.17) is 18.9 Å². The van der Waals surface area contributed by atoms with Gasteiger partial charge >= 0.3 is 11.9 Å². The zero-order valence-electron chi connectivity index (χ0n) is 14.1. The van der Waals surface area contributed by atoms with Crippen LogP contribution in [0.15, 0.2) is 42.5 Å². The molecule has 2 aromatic carbocycles. The Morgan fingerprint density at radius 1 is 0.840 bits per heavy atom. The molecule has 0 atom stereocenters. The summed E-state index contributed by atoms with van der Waals surface area (Å²) < 4.78 is 25.4. The average molecular weight is 346 g/mol. The van der Waals surface area contributed by atoms with E-state index in [-0.39, 0.29) is 23.7 Å². The molecule has 0 aromatic heterocycles. The highest BCUT2D eigenvalue weighted by Gasteiger charge is 2.14. The predicted molar refractivity (Wildman–Crippen MR) is 88.5 cm³/mol. The van der Waals surface area contributed by atoms with Gasteiger partial charge in [0.2, 0.25) is 0 Å². The summed E-state index contributed by atoms with van der Waals surface area (Å²) in [4.78, 5) is 23.4. The molecule has 0 N–H and O–H groups in total. The van der Waals surface area contributed by atoms with Crippen LogP contribution >= 0.6 is 0 Å². The summed E-state index contributed by atoms with van der Waals surface area (Å²) in [6, 6.07) is 11.1. The van der Waals surface area contributed by atoms with Gasteiger partial charge in [-0.25, -0.2) is 9.59 Å². The van der Waals surface area contributed by atoms with Crippen molar-refractivity contribution in [3.63, 3.8) is 0 Å². The molecule has 0 fully saturated rings. The number of esters is 2. The molecule has 0 aliphatic heterocycles. The van der Waals surface area contributed by atoms with Crippen LogP contribution in [0.5, 0.6) is 23.0 Å². The van der Waals surface area contributed by atoms with E-state index in [0.29, 0.717) is 11.5 Å². The van der Waals surface area contributed by atoms with Crippen molar-refractivity contribution in [1.29, 1.82) is 0 Å². The van der Waals surface area contributed by atoms with Crippen LogP contribution in [-0.4, -0.2) is 39.9 Å². The molecule has 7 heteroatoms. The van der Waals surface area contributed by atoms with Crippen LogP contribution in [0, 0.1) is 0 Å². The van der Waals surface area contributed by atoms with Crippen molar-refractivity contribution < 1.29 is 33.3 Å². The molecule has 0 radical (unpaired) electrons. The standard InChI is InChI=1S/C18H18O7/c1-21-13-5-7-14(8-6-13)24-11-17(19)25-15-9-4-12(18(20)23-3)10-16(15)22-2/h4-10H,11H2,1-3H3. The molecule has 0 unspecified atom stereocenters. The van der Waals surface area contributed by atoms with E-state index >= 15 is 0 Å². The number of ether oxygens (including phenoxy) is 5. The molecule has 7 nitrogen and oxygen atoms in total. The Kier molecular flexibility index (Phi) is 6.22. The SMILES string of the molecule is COC(=O)c1ccc(OC(=O)COc2ccc(OC)cc2)c(OC)c1. The average Bonchev–Trinajstić information content (AvgIpc) is 2.66. The van der Waals surface area contributed by atoms with Gasteiger partial charge in [-0.15, -0.1) is 0 Å². The van der Waals surface area contributed by atoms with Crippen LogP contribution in [0.1, 0.15) is 10.4 Å². The molecule has 25 heavy (non-hydrogen) atoms. The predicted octanol–water partition coefficient (Wildman–Crippen LogP) is 2.47. The molecular formula is C18H18O7. The highest BCUT2D eigenvalue weighted by atomic mass is 16.6. The quantitative estimate of drug-likeness (QED) is 0.563. The molecule has 0 amide bonds. The minimum atomic E-state index is -0.611. The summed E-state index contributed by atoms with van der Waals surface area (Å²) in [5, 5.41) is 0. The van der Waals surface area contributed by atoms with Crippen molar-refractivity contribution in [2.24, 2.45) is 0 Å². The number of hydrogen-bond acceptors (Lipinski definition) is 7. The normalized spacial score (nSPS) is 9.88. The maximum Gasteiger partial charge on any atom is 0.349 e. The van der Waals surface area contributed by atoms with E-state index in [1.54, 1.807) is 31.4 Å². The van der Waals surface area contributed by atoms with Crippen LogP contribution in [0.2, 0.25) is 0 Å². The van der Waals surface area contributed by atoms with E-state index in [1.165, 1.54) is 32.4 Å². The summed E-state index contributed by atoms with van der Waals surface area (Å²) in [7, 11) is 4.24. The second-order valence-electron chi connectivity index (χ2n) is 4.80. The molecule has 0 heterocycles. The van der Waals surface area contributed by atoms with Gasteiger partial charge in [0.25, 0.3) is 0 Å². The summed E-state index contributed by atoms with van der Waals surface area (Å²) in [6.45, 7) is -0.283. The number of methoxy groups -OCH3 is 3. The van der Waals surface area contributed by atoms with Crippen LogP contribution < -0.4 is 18.9 Å². The Hall–Kier alpha value is -3.22. The van der Waals surface area contributed by atoms with E-state index in [9.17, 15) is 9.59 Å². The number of carbonyl (C=O) groups excluding carboxylic acids is 2. The zero-order valence-corrected chi connectivity index (χ0v) is 14.1. The summed E-state index contributed by atoms with van der Waals surface area (Å²) >= 11 is 0. The lowest BCUT2D eigenvalue weighted by molar-refractivity contribution is -0.136. The summed E-state index contributed by atoms with van der Waals surface area (Å²) in [5.41, 5.74) is 0.286. The van der Waals surface area contributed by atoms with Crippen LogP contribution in [-0.2, 0) is 9.53 Å². The van der Waals surface area contributed by atoms with Gasteiger partial charge in [-0.3, -0.25) is 0 Å². The van der Waals surface area contributed by atoms with Crippen molar-refractivity contribution in [2.75, 3.05) is 27.9 Å². The van der Waals surface area contributed by atoms with Crippen LogP contribution in [0.25, 0.3) is 0 Å². The van der Waals surface area contributed by atoms with Crippen molar-refractivity contribution in [3.05, 3.63) is 48.0 Å². The Morgan fingerprint density at radius 2 is 1.52 bits per heavy atom. The van der Waals surface area contributed by atoms with Gasteiger partial charge in [0, 0.05) is 0 Å². The van der Waals surface area contributed by atoms with Gasteiger partial charge in [-0.1, -0.05) is 0 Å².